The van der Waals surface area contributed by atoms with Crippen LogP contribution in [0.25, 0.3) is 0 Å². The van der Waals surface area contributed by atoms with Crippen LogP contribution in [0.2, 0.25) is 0 Å². The second-order valence-electron chi connectivity index (χ2n) is 2.43. The molecular formula is C8H10N2. The number of nitrogens with zero attached hydrogens (tertiary/aromatic N) is 2. The van der Waals surface area contributed by atoms with Crippen LogP contribution in [-0.4, -0.2) is 24.0 Å². The zero-order valence-electron chi connectivity index (χ0n) is 5.88. The van der Waals surface area contributed by atoms with E-state index in [4.69, 9.17) is 11.7 Å². The van der Waals surface area contributed by atoms with Crippen molar-refractivity contribution in [2.24, 2.45) is 0 Å². The van der Waals surface area contributed by atoms with Crippen LogP contribution in [0.15, 0.2) is 0 Å². The molecule has 1 saturated heterocycles. The summed E-state index contributed by atoms with van der Waals surface area (Å²) in [4.78, 5) is 2.16. The first-order valence-corrected chi connectivity index (χ1v) is 3.45. The molecule has 2 nitrogen and oxygen atoms in total. The van der Waals surface area contributed by atoms with Crippen LogP contribution >= 0.6 is 0 Å². The maximum Gasteiger partial charge on any atom is 0.0843 e. The van der Waals surface area contributed by atoms with E-state index >= 15 is 0 Å². The molecule has 0 aromatic carbocycles. The van der Waals surface area contributed by atoms with Crippen LogP contribution < -0.4 is 0 Å². The van der Waals surface area contributed by atoms with Crippen LogP contribution in [0, 0.1) is 23.7 Å². The average molecular weight is 134 g/mol. The highest BCUT2D eigenvalue weighted by Gasteiger charge is 2.21. The molecule has 10 heavy (non-hydrogen) atoms. The Balaban J connectivity index is 2.35. The summed E-state index contributed by atoms with van der Waals surface area (Å²) >= 11 is 0. The highest BCUT2D eigenvalue weighted by molar-refractivity contribution is 5.05. The van der Waals surface area contributed by atoms with E-state index < -0.39 is 0 Å². The molecule has 1 unspecified atom stereocenters. The Labute approximate surface area is 61.4 Å². The van der Waals surface area contributed by atoms with Crippen LogP contribution in [0.5, 0.6) is 0 Å². The SMILES string of the molecule is C#CC(CC#N)N1CCC1. The molecule has 1 atom stereocenters. The Morgan fingerprint density at radius 3 is 2.60 bits per heavy atom. The van der Waals surface area contributed by atoms with Gasteiger partial charge in [-0.15, -0.1) is 6.42 Å². The van der Waals surface area contributed by atoms with E-state index in [1.54, 1.807) is 0 Å². The van der Waals surface area contributed by atoms with Gasteiger partial charge in [0, 0.05) is 13.1 Å². The molecular weight excluding hydrogens is 124 g/mol. The second kappa shape index (κ2) is 3.25. The van der Waals surface area contributed by atoms with Gasteiger partial charge in [-0.2, -0.15) is 5.26 Å². The average Bonchev–Trinajstić information content (AvgIpc) is 1.83. The van der Waals surface area contributed by atoms with E-state index in [0.717, 1.165) is 13.1 Å². The van der Waals surface area contributed by atoms with Crippen molar-refractivity contribution in [2.75, 3.05) is 13.1 Å². The van der Waals surface area contributed by atoms with Crippen molar-refractivity contribution in [2.45, 2.75) is 18.9 Å². The van der Waals surface area contributed by atoms with Gasteiger partial charge in [0.1, 0.15) is 0 Å². The lowest BCUT2D eigenvalue weighted by Gasteiger charge is -2.34. The van der Waals surface area contributed by atoms with Crippen molar-refractivity contribution in [3.8, 4) is 18.4 Å². The number of hydrogen-bond acceptors (Lipinski definition) is 2. The third kappa shape index (κ3) is 1.29. The summed E-state index contributed by atoms with van der Waals surface area (Å²) in [6.45, 7) is 2.13. The predicted octanol–water partition coefficient (Wildman–Crippen LogP) is 0.608. The number of terminal acetylenes is 1. The molecule has 1 rings (SSSR count). The van der Waals surface area contributed by atoms with Gasteiger partial charge in [-0.3, -0.25) is 4.90 Å². The molecule has 0 N–H and O–H groups in total. The third-order valence-electron chi connectivity index (χ3n) is 1.81. The van der Waals surface area contributed by atoms with Crippen LogP contribution in [-0.2, 0) is 0 Å². The molecule has 1 heterocycles. The van der Waals surface area contributed by atoms with Gasteiger partial charge in [0.25, 0.3) is 0 Å². The van der Waals surface area contributed by atoms with E-state index in [0.29, 0.717) is 6.42 Å². The summed E-state index contributed by atoms with van der Waals surface area (Å²) < 4.78 is 0. The Hall–Kier alpha value is -0.990. The third-order valence-corrected chi connectivity index (χ3v) is 1.81. The predicted molar refractivity (Wildman–Crippen MR) is 39.0 cm³/mol. The first-order chi connectivity index (χ1) is 4.88. The lowest BCUT2D eigenvalue weighted by molar-refractivity contribution is 0.151. The molecule has 1 aliphatic heterocycles. The van der Waals surface area contributed by atoms with Crippen molar-refractivity contribution >= 4 is 0 Å². The number of hydrogen-bond donors (Lipinski definition) is 0. The topological polar surface area (TPSA) is 27.0 Å². The van der Waals surface area contributed by atoms with E-state index in [1.807, 2.05) is 0 Å². The molecule has 0 aliphatic carbocycles. The molecule has 1 fully saturated rings. The summed E-state index contributed by atoms with van der Waals surface area (Å²) in [6.07, 6.45) is 6.92. The normalized spacial score (nSPS) is 20.2. The van der Waals surface area contributed by atoms with Crippen molar-refractivity contribution in [1.29, 1.82) is 5.26 Å². The van der Waals surface area contributed by atoms with Crippen LogP contribution in [0.4, 0.5) is 0 Å². The maximum atomic E-state index is 8.36. The Morgan fingerprint density at radius 1 is 1.60 bits per heavy atom. The van der Waals surface area contributed by atoms with Gasteiger partial charge in [-0.1, -0.05) is 5.92 Å². The molecule has 0 aromatic rings. The van der Waals surface area contributed by atoms with Crippen molar-refractivity contribution in [3.63, 3.8) is 0 Å². The van der Waals surface area contributed by atoms with Crippen molar-refractivity contribution < 1.29 is 0 Å². The molecule has 2 heteroatoms. The molecule has 0 saturated carbocycles. The Kier molecular flexibility index (Phi) is 2.31. The number of likely N-dealkylation sites (tertiary alicyclic amines) is 1. The van der Waals surface area contributed by atoms with Gasteiger partial charge in [-0.25, -0.2) is 0 Å². The van der Waals surface area contributed by atoms with Gasteiger partial charge in [-0.05, 0) is 6.42 Å². The zero-order valence-corrected chi connectivity index (χ0v) is 5.88. The standard InChI is InChI=1S/C8H10N2/c1-2-8(4-5-9)10-6-3-7-10/h1,8H,3-4,6-7H2. The minimum atomic E-state index is 0.0683. The fourth-order valence-corrected chi connectivity index (χ4v) is 1.03. The number of nitriles is 1. The van der Waals surface area contributed by atoms with E-state index in [-0.39, 0.29) is 6.04 Å². The Morgan fingerprint density at radius 2 is 2.30 bits per heavy atom. The minimum absolute atomic E-state index is 0.0683. The van der Waals surface area contributed by atoms with Gasteiger partial charge in [0.05, 0.1) is 18.5 Å². The summed E-state index contributed by atoms with van der Waals surface area (Å²) in [6, 6.07) is 2.15. The van der Waals surface area contributed by atoms with E-state index in [1.165, 1.54) is 6.42 Å². The fourth-order valence-electron chi connectivity index (χ4n) is 1.03. The molecule has 0 radical (unpaired) electrons. The monoisotopic (exact) mass is 134 g/mol. The molecule has 52 valence electrons. The maximum absolute atomic E-state index is 8.36. The first kappa shape index (κ1) is 7.12. The lowest BCUT2D eigenvalue weighted by atomic mass is 10.1. The van der Waals surface area contributed by atoms with Gasteiger partial charge < -0.3 is 0 Å². The summed E-state index contributed by atoms with van der Waals surface area (Å²) in [5.41, 5.74) is 0. The van der Waals surface area contributed by atoms with Gasteiger partial charge >= 0.3 is 0 Å². The summed E-state index contributed by atoms with van der Waals surface area (Å²) in [7, 11) is 0. The van der Waals surface area contributed by atoms with E-state index in [2.05, 4.69) is 16.9 Å². The fraction of sp³-hybridized carbons (Fsp3) is 0.625. The van der Waals surface area contributed by atoms with Gasteiger partial charge in [0.15, 0.2) is 0 Å². The molecule has 1 aliphatic rings. The first-order valence-electron chi connectivity index (χ1n) is 3.45. The highest BCUT2D eigenvalue weighted by Crippen LogP contribution is 2.12. The highest BCUT2D eigenvalue weighted by atomic mass is 15.2. The van der Waals surface area contributed by atoms with Crippen LogP contribution in [0.1, 0.15) is 12.8 Å². The van der Waals surface area contributed by atoms with E-state index in [9.17, 15) is 0 Å². The smallest absolute Gasteiger partial charge is 0.0843 e. The van der Waals surface area contributed by atoms with Crippen molar-refractivity contribution in [3.05, 3.63) is 0 Å². The number of rotatable bonds is 2. The van der Waals surface area contributed by atoms with Crippen LogP contribution in [0.3, 0.4) is 0 Å². The molecule has 0 amide bonds. The Bertz CT molecular complexity index is 180. The molecule has 0 bridgehead atoms. The zero-order chi connectivity index (χ0) is 7.40. The molecule has 0 spiro atoms. The lowest BCUT2D eigenvalue weighted by Crippen LogP contribution is -2.44. The quantitative estimate of drug-likeness (QED) is 0.517. The summed E-state index contributed by atoms with van der Waals surface area (Å²) in [5, 5.41) is 8.36. The minimum Gasteiger partial charge on any atom is -0.289 e. The largest absolute Gasteiger partial charge is 0.289 e. The second-order valence-corrected chi connectivity index (χ2v) is 2.43. The molecule has 0 aromatic heterocycles. The van der Waals surface area contributed by atoms with Gasteiger partial charge in [0.2, 0.25) is 0 Å². The summed E-state index contributed by atoms with van der Waals surface area (Å²) in [5.74, 6) is 2.61. The van der Waals surface area contributed by atoms with Crippen molar-refractivity contribution in [1.82, 2.24) is 4.90 Å².